The van der Waals surface area contributed by atoms with E-state index in [1.807, 2.05) is 45.4 Å². The maximum Gasteiger partial charge on any atom is 0.0931 e. The van der Waals surface area contributed by atoms with Crippen LogP contribution in [0.2, 0.25) is 0 Å². The molecule has 0 aliphatic carbocycles. The molecule has 0 amide bonds. The molecule has 0 saturated carbocycles. The van der Waals surface area contributed by atoms with E-state index in [1.54, 1.807) is 0 Å². The van der Waals surface area contributed by atoms with Crippen molar-refractivity contribution in [2.45, 2.75) is 6.92 Å². The molecule has 0 spiro atoms. The highest BCUT2D eigenvalue weighted by Crippen LogP contribution is 2.25. The summed E-state index contributed by atoms with van der Waals surface area (Å²) in [6, 6.07) is 10.2. The van der Waals surface area contributed by atoms with Crippen molar-refractivity contribution in [2.24, 2.45) is 0 Å². The molecule has 2 rings (SSSR count). The van der Waals surface area contributed by atoms with Crippen LogP contribution in [-0.4, -0.2) is 19.1 Å². The molecule has 17 heavy (non-hydrogen) atoms. The van der Waals surface area contributed by atoms with Gasteiger partial charge in [-0.1, -0.05) is 12.1 Å². The number of hydrogen-bond acceptors (Lipinski definition) is 3. The van der Waals surface area contributed by atoms with E-state index < -0.39 is 0 Å². The molecule has 0 aliphatic heterocycles. The van der Waals surface area contributed by atoms with Gasteiger partial charge in [-0.05, 0) is 30.7 Å². The highest BCUT2D eigenvalue weighted by molar-refractivity contribution is 5.73. The molecule has 2 aromatic rings. The van der Waals surface area contributed by atoms with E-state index in [2.05, 4.69) is 22.0 Å². The van der Waals surface area contributed by atoms with Gasteiger partial charge in [0.05, 0.1) is 11.4 Å². The SMILES string of the molecule is Cc1cnc(-c2ccc(N(C)C)cc2)c(N)c1. The van der Waals surface area contributed by atoms with Crippen molar-refractivity contribution in [3.8, 4) is 11.3 Å². The van der Waals surface area contributed by atoms with Crippen molar-refractivity contribution < 1.29 is 0 Å². The first-order valence-electron chi connectivity index (χ1n) is 5.58. The van der Waals surface area contributed by atoms with E-state index >= 15 is 0 Å². The molecule has 0 aliphatic rings. The highest BCUT2D eigenvalue weighted by Gasteiger charge is 2.04. The summed E-state index contributed by atoms with van der Waals surface area (Å²) >= 11 is 0. The van der Waals surface area contributed by atoms with Gasteiger partial charge in [-0.2, -0.15) is 0 Å². The molecule has 0 bridgehead atoms. The van der Waals surface area contributed by atoms with E-state index in [1.165, 1.54) is 5.69 Å². The van der Waals surface area contributed by atoms with Crippen LogP contribution in [0.1, 0.15) is 5.56 Å². The summed E-state index contributed by atoms with van der Waals surface area (Å²) in [6.45, 7) is 1.99. The van der Waals surface area contributed by atoms with Gasteiger partial charge in [0.15, 0.2) is 0 Å². The summed E-state index contributed by atoms with van der Waals surface area (Å²) < 4.78 is 0. The smallest absolute Gasteiger partial charge is 0.0931 e. The van der Waals surface area contributed by atoms with Crippen LogP contribution in [0.5, 0.6) is 0 Å². The Morgan fingerprint density at radius 2 is 1.76 bits per heavy atom. The zero-order chi connectivity index (χ0) is 12.4. The molecule has 0 atom stereocenters. The third-order valence-corrected chi connectivity index (χ3v) is 2.71. The van der Waals surface area contributed by atoms with Crippen LogP contribution in [0.4, 0.5) is 11.4 Å². The highest BCUT2D eigenvalue weighted by atomic mass is 15.1. The lowest BCUT2D eigenvalue weighted by molar-refractivity contribution is 1.13. The molecular weight excluding hydrogens is 210 g/mol. The summed E-state index contributed by atoms with van der Waals surface area (Å²) in [5.41, 5.74) is 10.8. The molecule has 88 valence electrons. The maximum absolute atomic E-state index is 5.98. The second-order valence-corrected chi connectivity index (χ2v) is 4.39. The van der Waals surface area contributed by atoms with Crippen molar-refractivity contribution in [1.82, 2.24) is 4.98 Å². The minimum absolute atomic E-state index is 0.725. The Morgan fingerprint density at radius 3 is 2.29 bits per heavy atom. The van der Waals surface area contributed by atoms with Gasteiger partial charge in [0.2, 0.25) is 0 Å². The van der Waals surface area contributed by atoms with Gasteiger partial charge in [0.1, 0.15) is 0 Å². The molecule has 0 unspecified atom stereocenters. The van der Waals surface area contributed by atoms with Gasteiger partial charge in [0, 0.05) is 31.5 Å². The average molecular weight is 227 g/mol. The fraction of sp³-hybridized carbons (Fsp3) is 0.214. The van der Waals surface area contributed by atoms with Crippen LogP contribution >= 0.6 is 0 Å². The third kappa shape index (κ3) is 2.38. The Bertz CT molecular complexity index is 515. The van der Waals surface area contributed by atoms with Gasteiger partial charge in [-0.25, -0.2) is 0 Å². The van der Waals surface area contributed by atoms with E-state index in [-0.39, 0.29) is 0 Å². The van der Waals surface area contributed by atoms with E-state index in [0.29, 0.717) is 0 Å². The first kappa shape index (κ1) is 11.5. The number of benzene rings is 1. The summed E-state index contributed by atoms with van der Waals surface area (Å²) in [6.07, 6.45) is 1.84. The summed E-state index contributed by atoms with van der Waals surface area (Å²) in [4.78, 5) is 6.45. The number of rotatable bonds is 2. The lowest BCUT2D eigenvalue weighted by Crippen LogP contribution is -2.08. The zero-order valence-corrected chi connectivity index (χ0v) is 10.4. The Kier molecular flexibility index (Phi) is 3.00. The van der Waals surface area contributed by atoms with E-state index in [0.717, 1.165) is 22.5 Å². The predicted molar refractivity (Wildman–Crippen MR) is 73.1 cm³/mol. The van der Waals surface area contributed by atoms with Gasteiger partial charge in [0.25, 0.3) is 0 Å². The molecule has 0 saturated heterocycles. The van der Waals surface area contributed by atoms with Gasteiger partial charge in [-0.3, -0.25) is 4.98 Å². The van der Waals surface area contributed by atoms with Gasteiger partial charge < -0.3 is 10.6 Å². The first-order valence-corrected chi connectivity index (χ1v) is 5.58. The Labute approximate surface area is 102 Å². The van der Waals surface area contributed by atoms with Crippen LogP contribution in [-0.2, 0) is 0 Å². The molecule has 0 radical (unpaired) electrons. The summed E-state index contributed by atoms with van der Waals surface area (Å²) in [7, 11) is 4.04. The van der Waals surface area contributed by atoms with Crippen molar-refractivity contribution >= 4 is 11.4 Å². The number of aryl methyl sites for hydroxylation is 1. The van der Waals surface area contributed by atoms with Crippen molar-refractivity contribution in [3.63, 3.8) is 0 Å². The Balaban J connectivity index is 2.40. The van der Waals surface area contributed by atoms with Crippen LogP contribution < -0.4 is 10.6 Å². The zero-order valence-electron chi connectivity index (χ0n) is 10.4. The van der Waals surface area contributed by atoms with Gasteiger partial charge in [-0.15, -0.1) is 0 Å². The standard InChI is InChI=1S/C14H17N3/c1-10-8-13(15)14(16-9-10)11-4-6-12(7-5-11)17(2)3/h4-9H,15H2,1-3H3. The Morgan fingerprint density at radius 1 is 1.12 bits per heavy atom. The Hall–Kier alpha value is -2.03. The van der Waals surface area contributed by atoms with Crippen LogP contribution in [0.15, 0.2) is 36.5 Å². The largest absolute Gasteiger partial charge is 0.397 e. The fourth-order valence-electron chi connectivity index (χ4n) is 1.75. The first-order chi connectivity index (χ1) is 8.08. The minimum Gasteiger partial charge on any atom is -0.397 e. The monoisotopic (exact) mass is 227 g/mol. The van der Waals surface area contributed by atoms with Crippen LogP contribution in [0.25, 0.3) is 11.3 Å². The minimum atomic E-state index is 0.725. The number of aromatic nitrogens is 1. The maximum atomic E-state index is 5.98. The van der Waals surface area contributed by atoms with Crippen molar-refractivity contribution in [1.29, 1.82) is 0 Å². The van der Waals surface area contributed by atoms with E-state index in [4.69, 9.17) is 5.73 Å². The molecule has 0 fully saturated rings. The molecular formula is C14H17N3. The molecule has 1 aromatic heterocycles. The second-order valence-electron chi connectivity index (χ2n) is 4.39. The second kappa shape index (κ2) is 4.45. The number of hydrogen-bond donors (Lipinski definition) is 1. The fourth-order valence-corrected chi connectivity index (χ4v) is 1.75. The topological polar surface area (TPSA) is 42.2 Å². The van der Waals surface area contributed by atoms with E-state index in [9.17, 15) is 0 Å². The predicted octanol–water partition coefficient (Wildman–Crippen LogP) is 2.71. The number of anilines is 2. The molecule has 3 heteroatoms. The number of nitrogens with two attached hydrogens (primary N) is 1. The molecule has 1 heterocycles. The lowest BCUT2D eigenvalue weighted by atomic mass is 10.1. The quantitative estimate of drug-likeness (QED) is 0.857. The van der Waals surface area contributed by atoms with Crippen molar-refractivity contribution in [3.05, 3.63) is 42.1 Å². The molecule has 1 aromatic carbocycles. The molecule has 3 nitrogen and oxygen atoms in total. The third-order valence-electron chi connectivity index (χ3n) is 2.71. The molecule has 2 N–H and O–H groups in total. The van der Waals surface area contributed by atoms with Crippen LogP contribution in [0, 0.1) is 6.92 Å². The number of pyridine rings is 1. The lowest BCUT2D eigenvalue weighted by Gasteiger charge is -2.13. The summed E-state index contributed by atoms with van der Waals surface area (Å²) in [5.74, 6) is 0. The summed E-state index contributed by atoms with van der Waals surface area (Å²) in [5, 5.41) is 0. The number of nitrogens with zero attached hydrogens (tertiary/aromatic N) is 2. The van der Waals surface area contributed by atoms with Crippen LogP contribution in [0.3, 0.4) is 0 Å². The van der Waals surface area contributed by atoms with Crippen molar-refractivity contribution in [2.75, 3.05) is 24.7 Å². The number of nitrogen functional groups attached to an aromatic ring is 1. The van der Waals surface area contributed by atoms with Gasteiger partial charge >= 0.3 is 0 Å². The average Bonchev–Trinajstić information content (AvgIpc) is 2.29. The normalized spacial score (nSPS) is 10.3.